The van der Waals surface area contributed by atoms with Crippen LogP contribution in [-0.2, 0) is 0 Å². The van der Waals surface area contributed by atoms with Crippen LogP contribution in [0.4, 0.5) is 0 Å². The Morgan fingerprint density at radius 3 is 2.19 bits per heavy atom. The highest BCUT2D eigenvalue weighted by molar-refractivity contribution is 5.85. The van der Waals surface area contributed by atoms with E-state index < -0.39 is 0 Å². The lowest BCUT2D eigenvalue weighted by atomic mass is 10.1. The maximum Gasteiger partial charge on any atom is 0.162 e. The first-order chi connectivity index (χ1) is 7.65. The molecule has 0 N–H and O–H groups in total. The highest BCUT2D eigenvalue weighted by atomic mass is 16.5. The predicted molar refractivity (Wildman–Crippen MR) is 64.3 cm³/mol. The first-order valence-corrected chi connectivity index (χ1v) is 5.15. The van der Waals surface area contributed by atoms with Crippen molar-refractivity contribution in [3.05, 3.63) is 29.5 Å². The number of pyridine rings is 1. The Morgan fingerprint density at radius 2 is 1.56 bits per heavy atom. The fourth-order valence-electron chi connectivity index (χ4n) is 1.89. The summed E-state index contributed by atoms with van der Waals surface area (Å²) in [7, 11) is 3.27. The molecule has 84 valence electrons. The summed E-state index contributed by atoms with van der Waals surface area (Å²) in [6.07, 6.45) is 0. The molecule has 1 heterocycles. The maximum atomic E-state index is 5.28. The minimum absolute atomic E-state index is 0.715. The molecular weight excluding hydrogens is 202 g/mol. The van der Waals surface area contributed by atoms with Crippen molar-refractivity contribution in [1.82, 2.24) is 4.98 Å². The Hall–Kier alpha value is -1.77. The Balaban J connectivity index is 2.78. The van der Waals surface area contributed by atoms with Gasteiger partial charge in [-0.05, 0) is 31.5 Å². The molecule has 0 saturated carbocycles. The van der Waals surface area contributed by atoms with Gasteiger partial charge < -0.3 is 9.47 Å². The zero-order chi connectivity index (χ0) is 11.7. The number of aryl methyl sites for hydroxylation is 2. The van der Waals surface area contributed by atoms with Gasteiger partial charge in [0.05, 0.1) is 19.7 Å². The molecule has 0 amide bonds. The van der Waals surface area contributed by atoms with E-state index in [4.69, 9.17) is 9.47 Å². The van der Waals surface area contributed by atoms with Gasteiger partial charge in [0.1, 0.15) is 0 Å². The fourth-order valence-corrected chi connectivity index (χ4v) is 1.89. The van der Waals surface area contributed by atoms with Gasteiger partial charge in [0.2, 0.25) is 0 Å². The summed E-state index contributed by atoms with van der Waals surface area (Å²) in [6, 6.07) is 5.94. The lowest BCUT2D eigenvalue weighted by Gasteiger charge is -2.10. The van der Waals surface area contributed by atoms with Gasteiger partial charge in [-0.1, -0.05) is 0 Å². The molecular formula is C13H15NO2. The molecule has 1 aromatic carbocycles. The van der Waals surface area contributed by atoms with E-state index in [0.29, 0.717) is 5.75 Å². The number of fused-ring (bicyclic) bond motifs is 1. The third-order valence-electron chi connectivity index (χ3n) is 2.65. The molecule has 0 aliphatic heterocycles. The van der Waals surface area contributed by atoms with Gasteiger partial charge in [0, 0.05) is 17.1 Å². The number of ether oxygens (including phenoxy) is 2. The van der Waals surface area contributed by atoms with Gasteiger partial charge >= 0.3 is 0 Å². The van der Waals surface area contributed by atoms with Crippen LogP contribution in [0.15, 0.2) is 18.2 Å². The molecule has 2 rings (SSSR count). The molecule has 1 aromatic heterocycles. The molecule has 0 radical (unpaired) electrons. The molecule has 0 saturated heterocycles. The van der Waals surface area contributed by atoms with E-state index in [9.17, 15) is 0 Å². The monoisotopic (exact) mass is 217 g/mol. The second-order valence-electron chi connectivity index (χ2n) is 3.80. The number of aromatic nitrogens is 1. The van der Waals surface area contributed by atoms with Crippen molar-refractivity contribution in [2.24, 2.45) is 0 Å². The number of benzene rings is 1. The number of nitrogens with zero attached hydrogens (tertiary/aromatic N) is 1. The highest BCUT2D eigenvalue weighted by Crippen LogP contribution is 2.32. The number of hydrogen-bond donors (Lipinski definition) is 0. The zero-order valence-corrected chi connectivity index (χ0v) is 10.00. The zero-order valence-electron chi connectivity index (χ0n) is 10.00. The number of hydrogen-bond acceptors (Lipinski definition) is 3. The number of rotatable bonds is 2. The van der Waals surface area contributed by atoms with E-state index >= 15 is 0 Å². The van der Waals surface area contributed by atoms with Crippen LogP contribution in [0.2, 0.25) is 0 Å². The van der Waals surface area contributed by atoms with Crippen molar-refractivity contribution in [1.29, 1.82) is 0 Å². The van der Waals surface area contributed by atoms with Crippen LogP contribution in [0.5, 0.6) is 11.5 Å². The molecule has 0 atom stereocenters. The Morgan fingerprint density at radius 1 is 0.938 bits per heavy atom. The molecule has 0 aliphatic rings. The van der Waals surface area contributed by atoms with Gasteiger partial charge in [0.25, 0.3) is 0 Å². The van der Waals surface area contributed by atoms with Crippen LogP contribution in [0.1, 0.15) is 11.3 Å². The first kappa shape index (κ1) is 10.7. The van der Waals surface area contributed by atoms with E-state index in [-0.39, 0.29) is 0 Å². The van der Waals surface area contributed by atoms with Gasteiger partial charge in [-0.3, -0.25) is 4.98 Å². The van der Waals surface area contributed by atoms with Crippen LogP contribution >= 0.6 is 0 Å². The standard InChI is InChI=1S/C13H15NO2/c1-8-5-9(2)14-11-7-13(16-4)12(15-3)6-10(8)11/h5-7H,1-4H3. The summed E-state index contributed by atoms with van der Waals surface area (Å²) < 4.78 is 10.5. The molecule has 0 fully saturated rings. The second-order valence-corrected chi connectivity index (χ2v) is 3.80. The normalized spacial score (nSPS) is 10.5. The summed E-state index contributed by atoms with van der Waals surface area (Å²) in [5, 5.41) is 1.10. The van der Waals surface area contributed by atoms with Crippen molar-refractivity contribution < 1.29 is 9.47 Å². The van der Waals surface area contributed by atoms with Crippen LogP contribution < -0.4 is 9.47 Å². The van der Waals surface area contributed by atoms with E-state index in [1.807, 2.05) is 19.1 Å². The minimum Gasteiger partial charge on any atom is -0.493 e. The lowest BCUT2D eigenvalue weighted by molar-refractivity contribution is 0.356. The molecule has 16 heavy (non-hydrogen) atoms. The van der Waals surface area contributed by atoms with Gasteiger partial charge in [-0.15, -0.1) is 0 Å². The highest BCUT2D eigenvalue weighted by Gasteiger charge is 2.08. The van der Waals surface area contributed by atoms with Gasteiger partial charge in [0.15, 0.2) is 11.5 Å². The van der Waals surface area contributed by atoms with Crippen LogP contribution in [-0.4, -0.2) is 19.2 Å². The van der Waals surface area contributed by atoms with E-state index in [2.05, 4.69) is 18.0 Å². The Bertz CT molecular complexity index is 535. The molecule has 0 unspecified atom stereocenters. The summed E-state index contributed by atoms with van der Waals surface area (Å²) >= 11 is 0. The van der Waals surface area contributed by atoms with Gasteiger partial charge in [-0.25, -0.2) is 0 Å². The van der Waals surface area contributed by atoms with Crippen molar-refractivity contribution in [3.8, 4) is 11.5 Å². The quantitative estimate of drug-likeness (QED) is 0.775. The average molecular weight is 217 g/mol. The van der Waals surface area contributed by atoms with Crippen molar-refractivity contribution in [3.63, 3.8) is 0 Å². The molecule has 3 heteroatoms. The molecule has 0 aliphatic carbocycles. The van der Waals surface area contributed by atoms with Crippen LogP contribution in [0.25, 0.3) is 10.9 Å². The summed E-state index contributed by atoms with van der Waals surface area (Å²) in [5.74, 6) is 1.45. The summed E-state index contributed by atoms with van der Waals surface area (Å²) in [5.41, 5.74) is 3.15. The third kappa shape index (κ3) is 1.69. The van der Waals surface area contributed by atoms with E-state index in [1.165, 1.54) is 5.56 Å². The van der Waals surface area contributed by atoms with Crippen LogP contribution in [0, 0.1) is 13.8 Å². The van der Waals surface area contributed by atoms with E-state index in [1.54, 1.807) is 14.2 Å². The third-order valence-corrected chi connectivity index (χ3v) is 2.65. The first-order valence-electron chi connectivity index (χ1n) is 5.15. The maximum absolute atomic E-state index is 5.28. The summed E-state index contributed by atoms with van der Waals surface area (Å²) in [4.78, 5) is 4.48. The van der Waals surface area contributed by atoms with Crippen molar-refractivity contribution >= 4 is 10.9 Å². The Labute approximate surface area is 95.0 Å². The molecule has 2 aromatic rings. The molecule has 0 bridgehead atoms. The summed E-state index contributed by atoms with van der Waals surface area (Å²) in [6.45, 7) is 4.06. The number of methoxy groups -OCH3 is 2. The molecule has 0 spiro atoms. The lowest BCUT2D eigenvalue weighted by Crippen LogP contribution is -1.93. The van der Waals surface area contributed by atoms with E-state index in [0.717, 1.165) is 22.3 Å². The SMILES string of the molecule is COc1cc2nc(C)cc(C)c2cc1OC. The van der Waals surface area contributed by atoms with Crippen LogP contribution in [0.3, 0.4) is 0 Å². The van der Waals surface area contributed by atoms with Crippen molar-refractivity contribution in [2.45, 2.75) is 13.8 Å². The van der Waals surface area contributed by atoms with Crippen molar-refractivity contribution in [2.75, 3.05) is 14.2 Å². The smallest absolute Gasteiger partial charge is 0.162 e. The average Bonchev–Trinajstić information content (AvgIpc) is 2.27. The topological polar surface area (TPSA) is 31.4 Å². The van der Waals surface area contributed by atoms with Gasteiger partial charge in [-0.2, -0.15) is 0 Å². The second kappa shape index (κ2) is 4.00. The molecule has 3 nitrogen and oxygen atoms in total. The minimum atomic E-state index is 0.715. The largest absolute Gasteiger partial charge is 0.493 e. The Kier molecular flexibility index (Phi) is 2.69. The predicted octanol–water partition coefficient (Wildman–Crippen LogP) is 2.87. The fraction of sp³-hybridized carbons (Fsp3) is 0.308.